The van der Waals surface area contributed by atoms with Crippen molar-refractivity contribution in [3.05, 3.63) is 71.5 Å². The Morgan fingerprint density at radius 1 is 1.00 bits per heavy atom. The van der Waals surface area contributed by atoms with Crippen molar-refractivity contribution in [1.29, 1.82) is 0 Å². The largest absolute Gasteiger partial charge is 0.343 e. The Morgan fingerprint density at radius 2 is 1.62 bits per heavy atom. The molecule has 4 nitrogen and oxygen atoms in total. The third-order valence-electron chi connectivity index (χ3n) is 5.31. The number of likely N-dealkylation sites (N-methyl/N-ethyl adjacent to an activating group) is 1. The van der Waals surface area contributed by atoms with Gasteiger partial charge >= 0.3 is 0 Å². The first-order valence-corrected chi connectivity index (χ1v) is 9.32. The fourth-order valence-corrected chi connectivity index (χ4v) is 3.82. The molecule has 1 amide bonds. The van der Waals surface area contributed by atoms with Gasteiger partial charge in [-0.1, -0.05) is 30.3 Å². The van der Waals surface area contributed by atoms with E-state index < -0.39 is 0 Å². The van der Waals surface area contributed by atoms with Gasteiger partial charge in [0, 0.05) is 11.1 Å². The molecule has 2 aromatic rings. The zero-order valence-corrected chi connectivity index (χ0v) is 15.5. The Kier molecular flexibility index (Phi) is 6.01. The number of halogens is 1. The van der Waals surface area contributed by atoms with Gasteiger partial charge in [0.05, 0.1) is 13.1 Å². The van der Waals surface area contributed by atoms with Crippen LogP contribution in [-0.4, -0.2) is 45.2 Å². The predicted octanol–water partition coefficient (Wildman–Crippen LogP) is 0.0985. The lowest BCUT2D eigenvalue weighted by atomic mass is 9.97. The number of piperazine rings is 1. The Balaban J connectivity index is 1.77. The molecular weight excluding hydrogens is 329 g/mol. The molecule has 1 heterocycles. The molecule has 0 saturated carbocycles. The van der Waals surface area contributed by atoms with E-state index in [1.54, 1.807) is 4.90 Å². The molecule has 0 aromatic heterocycles. The highest BCUT2D eigenvalue weighted by atomic mass is 19.1. The molecule has 2 atom stereocenters. The van der Waals surface area contributed by atoms with E-state index in [1.165, 1.54) is 34.7 Å². The second kappa shape index (κ2) is 8.43. The summed E-state index contributed by atoms with van der Waals surface area (Å²) < 4.78 is 13.1. The van der Waals surface area contributed by atoms with Crippen LogP contribution in [-0.2, 0) is 0 Å². The van der Waals surface area contributed by atoms with Crippen molar-refractivity contribution in [2.45, 2.75) is 19.0 Å². The summed E-state index contributed by atoms with van der Waals surface area (Å²) in [5, 5.41) is 3.13. The number of quaternary nitrogens is 2. The third kappa shape index (κ3) is 4.48. The van der Waals surface area contributed by atoms with Gasteiger partial charge < -0.3 is 15.1 Å². The summed E-state index contributed by atoms with van der Waals surface area (Å²) in [4.78, 5) is 15.7. The Morgan fingerprint density at radius 3 is 2.23 bits per heavy atom. The highest BCUT2D eigenvalue weighted by Crippen LogP contribution is 2.14. The number of hydrogen-bond acceptors (Lipinski definition) is 1. The second-order valence-electron chi connectivity index (χ2n) is 7.27. The molecule has 3 rings (SSSR count). The summed E-state index contributed by atoms with van der Waals surface area (Å²) in [6, 6.07) is 16.3. The van der Waals surface area contributed by atoms with E-state index in [4.69, 9.17) is 0 Å². The molecule has 0 bridgehead atoms. The summed E-state index contributed by atoms with van der Waals surface area (Å²) in [5.74, 6) is -0.487. The minimum absolute atomic E-state index is 0.0247. The molecule has 5 heteroatoms. The van der Waals surface area contributed by atoms with Crippen LogP contribution in [0.4, 0.5) is 4.39 Å². The first kappa shape index (κ1) is 18.5. The quantitative estimate of drug-likeness (QED) is 0.698. The first-order chi connectivity index (χ1) is 12.5. The van der Waals surface area contributed by atoms with Crippen LogP contribution in [0.2, 0.25) is 0 Å². The topological polar surface area (TPSA) is 38.0 Å². The van der Waals surface area contributed by atoms with Crippen LogP contribution in [0.3, 0.4) is 0 Å². The summed E-state index contributed by atoms with van der Waals surface area (Å²) in [5.41, 5.74) is 1.73. The molecule has 1 fully saturated rings. The standard InChI is InChI=1S/C21H26FN3O/c1-16(23-21(26)18-8-10-19(22)11-9-18)20(17-6-4-3-5-7-17)25-14-12-24(2)13-15-25/h3-11,16,20H,12-15H2,1-2H3,(H,23,26)/p+2/t16-,20+/m0/s1. The van der Waals surface area contributed by atoms with Gasteiger partial charge in [0.2, 0.25) is 0 Å². The average Bonchev–Trinajstić information content (AvgIpc) is 2.65. The molecule has 0 spiro atoms. The number of rotatable bonds is 5. The van der Waals surface area contributed by atoms with E-state index in [0.29, 0.717) is 5.56 Å². The Bertz CT molecular complexity index is 712. The Labute approximate surface area is 154 Å². The van der Waals surface area contributed by atoms with Crippen molar-refractivity contribution < 1.29 is 19.0 Å². The lowest BCUT2D eigenvalue weighted by molar-refractivity contribution is -1.02. The van der Waals surface area contributed by atoms with E-state index in [9.17, 15) is 9.18 Å². The van der Waals surface area contributed by atoms with Crippen molar-refractivity contribution in [2.24, 2.45) is 0 Å². The van der Waals surface area contributed by atoms with Crippen LogP contribution in [0.25, 0.3) is 0 Å². The molecule has 0 radical (unpaired) electrons. The summed E-state index contributed by atoms with van der Waals surface area (Å²) in [7, 11) is 2.23. The van der Waals surface area contributed by atoms with Crippen LogP contribution >= 0.6 is 0 Å². The fourth-order valence-electron chi connectivity index (χ4n) is 3.82. The molecule has 0 aliphatic carbocycles. The van der Waals surface area contributed by atoms with Crippen LogP contribution < -0.4 is 15.1 Å². The summed E-state index contributed by atoms with van der Waals surface area (Å²) >= 11 is 0. The molecule has 138 valence electrons. The number of benzene rings is 2. The van der Waals surface area contributed by atoms with Crippen LogP contribution in [0.15, 0.2) is 54.6 Å². The molecule has 3 N–H and O–H groups in total. The highest BCUT2D eigenvalue weighted by molar-refractivity contribution is 5.94. The number of nitrogens with one attached hydrogen (secondary N) is 3. The van der Waals surface area contributed by atoms with Gasteiger partial charge in [-0.05, 0) is 31.2 Å². The van der Waals surface area contributed by atoms with E-state index in [1.807, 2.05) is 6.07 Å². The van der Waals surface area contributed by atoms with Crippen molar-refractivity contribution in [3.63, 3.8) is 0 Å². The molecule has 2 aromatic carbocycles. The number of carbonyl (C=O) groups is 1. The van der Waals surface area contributed by atoms with Crippen LogP contribution in [0.5, 0.6) is 0 Å². The lowest BCUT2D eigenvalue weighted by Crippen LogP contribution is -3.27. The summed E-state index contributed by atoms with van der Waals surface area (Å²) in [6.07, 6.45) is 0. The highest BCUT2D eigenvalue weighted by Gasteiger charge is 2.34. The van der Waals surface area contributed by atoms with Crippen molar-refractivity contribution >= 4 is 5.91 Å². The third-order valence-corrected chi connectivity index (χ3v) is 5.31. The van der Waals surface area contributed by atoms with Gasteiger partial charge in [0.25, 0.3) is 5.91 Å². The monoisotopic (exact) mass is 357 g/mol. The van der Waals surface area contributed by atoms with Gasteiger partial charge in [-0.2, -0.15) is 0 Å². The van der Waals surface area contributed by atoms with Gasteiger partial charge in [-0.15, -0.1) is 0 Å². The SMILES string of the molecule is C[C@H](NC(=O)c1ccc(F)cc1)[C@H](c1ccccc1)[NH+]1CC[NH+](C)CC1. The van der Waals surface area contributed by atoms with E-state index in [2.05, 4.69) is 43.6 Å². The number of hydrogen-bond donors (Lipinski definition) is 3. The normalized spacial score (nSPS) is 22.4. The Hall–Kier alpha value is -2.24. The minimum atomic E-state index is -0.332. The summed E-state index contributed by atoms with van der Waals surface area (Å²) in [6.45, 7) is 6.51. The van der Waals surface area contributed by atoms with E-state index in [0.717, 1.165) is 26.2 Å². The van der Waals surface area contributed by atoms with E-state index >= 15 is 0 Å². The second-order valence-corrected chi connectivity index (χ2v) is 7.27. The van der Waals surface area contributed by atoms with Gasteiger partial charge in [0.1, 0.15) is 38.0 Å². The lowest BCUT2D eigenvalue weighted by Gasteiger charge is -2.36. The van der Waals surface area contributed by atoms with Crippen molar-refractivity contribution in [2.75, 3.05) is 33.2 Å². The fraction of sp³-hybridized carbons (Fsp3) is 0.381. The number of amides is 1. The molecule has 1 aliphatic rings. The minimum Gasteiger partial charge on any atom is -0.343 e. The van der Waals surface area contributed by atoms with Crippen molar-refractivity contribution in [1.82, 2.24) is 5.32 Å². The molecular formula is C21H28FN3O+2. The maximum absolute atomic E-state index is 13.1. The van der Waals surface area contributed by atoms with Crippen LogP contribution in [0.1, 0.15) is 28.9 Å². The maximum atomic E-state index is 13.1. The van der Waals surface area contributed by atoms with Gasteiger partial charge in [-0.3, -0.25) is 4.79 Å². The molecule has 0 unspecified atom stereocenters. The molecule has 1 aliphatic heterocycles. The average molecular weight is 357 g/mol. The van der Waals surface area contributed by atoms with Crippen LogP contribution in [0, 0.1) is 5.82 Å². The van der Waals surface area contributed by atoms with E-state index in [-0.39, 0.29) is 23.8 Å². The molecule has 1 saturated heterocycles. The first-order valence-electron chi connectivity index (χ1n) is 9.32. The molecule has 26 heavy (non-hydrogen) atoms. The van der Waals surface area contributed by atoms with Gasteiger partial charge in [-0.25, -0.2) is 4.39 Å². The van der Waals surface area contributed by atoms with Gasteiger partial charge in [0.15, 0.2) is 0 Å². The van der Waals surface area contributed by atoms with Crippen molar-refractivity contribution in [3.8, 4) is 0 Å². The zero-order chi connectivity index (χ0) is 18.5. The predicted molar refractivity (Wildman–Crippen MR) is 99.8 cm³/mol. The zero-order valence-electron chi connectivity index (χ0n) is 15.5. The maximum Gasteiger partial charge on any atom is 0.251 e. The smallest absolute Gasteiger partial charge is 0.251 e. The number of carbonyl (C=O) groups excluding carboxylic acids is 1.